The van der Waals surface area contributed by atoms with E-state index in [2.05, 4.69) is 30.3 Å². The molecule has 0 amide bonds. The first kappa shape index (κ1) is 11.9. The van der Waals surface area contributed by atoms with Crippen molar-refractivity contribution in [3.8, 4) is 0 Å². The van der Waals surface area contributed by atoms with Gasteiger partial charge in [0.15, 0.2) is 0 Å². The second-order valence-corrected chi connectivity index (χ2v) is 4.73. The highest BCUT2D eigenvalue weighted by atomic mass is 16.1. The summed E-state index contributed by atoms with van der Waals surface area (Å²) in [6.07, 6.45) is 2.39. The lowest BCUT2D eigenvalue weighted by molar-refractivity contribution is 0.541. The molecule has 0 heterocycles. The zero-order valence-electron chi connectivity index (χ0n) is 10.5. The number of carbonyl (C=O) groups excluding carboxylic acids is 1. The van der Waals surface area contributed by atoms with Crippen molar-refractivity contribution in [2.45, 2.75) is 12.5 Å². The minimum absolute atomic E-state index is 0.519. The van der Waals surface area contributed by atoms with E-state index in [1.807, 2.05) is 30.6 Å². The van der Waals surface area contributed by atoms with E-state index in [0.29, 0.717) is 6.42 Å². The average Bonchev–Trinajstić information content (AvgIpc) is 2.46. The molecule has 19 heavy (non-hydrogen) atoms. The molecule has 0 saturated carbocycles. The molecule has 93 valence electrons. The molecule has 3 aromatic carbocycles. The second-order valence-electron chi connectivity index (χ2n) is 4.73. The molecule has 0 bridgehead atoms. The Hall–Kier alpha value is -2.19. The minimum Gasteiger partial charge on any atom is -0.321 e. The van der Waals surface area contributed by atoms with E-state index >= 15 is 0 Å². The topological polar surface area (TPSA) is 43.1 Å². The van der Waals surface area contributed by atoms with Crippen LogP contribution in [-0.4, -0.2) is 12.3 Å². The van der Waals surface area contributed by atoms with Gasteiger partial charge in [0.05, 0.1) is 6.04 Å². The quantitative estimate of drug-likeness (QED) is 0.724. The van der Waals surface area contributed by atoms with Crippen LogP contribution in [0.15, 0.2) is 54.6 Å². The maximum Gasteiger partial charge on any atom is 0.217 e. The van der Waals surface area contributed by atoms with Crippen LogP contribution in [0.1, 0.15) is 5.56 Å². The van der Waals surface area contributed by atoms with Crippen molar-refractivity contribution in [3.05, 3.63) is 60.2 Å². The van der Waals surface area contributed by atoms with E-state index in [4.69, 9.17) is 5.73 Å². The normalized spacial score (nSPS) is 12.7. The predicted octanol–water partition coefficient (Wildman–Crippen LogP) is 2.97. The van der Waals surface area contributed by atoms with Gasteiger partial charge in [-0.15, -0.1) is 0 Å². The van der Waals surface area contributed by atoms with E-state index in [-0.39, 0.29) is 0 Å². The number of nitrogens with two attached hydrogens (primary N) is 1. The maximum atomic E-state index is 10.7. The van der Waals surface area contributed by atoms with Gasteiger partial charge < -0.3 is 5.73 Å². The molecule has 0 aliphatic carbocycles. The Kier molecular flexibility index (Phi) is 3.02. The third-order valence-electron chi connectivity index (χ3n) is 3.46. The smallest absolute Gasteiger partial charge is 0.217 e. The summed E-state index contributed by atoms with van der Waals surface area (Å²) in [7, 11) is 0. The second kappa shape index (κ2) is 4.82. The number of hydrogen-bond acceptors (Lipinski definition) is 2. The van der Waals surface area contributed by atoms with Crippen molar-refractivity contribution < 1.29 is 4.79 Å². The lowest BCUT2D eigenvalue weighted by Gasteiger charge is -2.12. The summed E-state index contributed by atoms with van der Waals surface area (Å²) in [4.78, 5) is 10.7. The molecule has 1 radical (unpaired) electrons. The van der Waals surface area contributed by atoms with Crippen LogP contribution in [0.4, 0.5) is 0 Å². The predicted molar refractivity (Wildman–Crippen MR) is 78.8 cm³/mol. The minimum atomic E-state index is -0.575. The summed E-state index contributed by atoms with van der Waals surface area (Å²) in [5.41, 5.74) is 6.89. The van der Waals surface area contributed by atoms with Crippen molar-refractivity contribution in [3.63, 3.8) is 0 Å². The van der Waals surface area contributed by atoms with Crippen molar-refractivity contribution in [2.75, 3.05) is 0 Å². The lowest BCUT2D eigenvalue weighted by atomic mass is 9.93. The molecular weight excluding hydrogens is 234 g/mol. The molecule has 0 spiro atoms. The summed E-state index contributed by atoms with van der Waals surface area (Å²) >= 11 is 0. The first-order chi connectivity index (χ1) is 9.29. The highest BCUT2D eigenvalue weighted by Crippen LogP contribution is 2.29. The molecule has 1 atom stereocenters. The fourth-order valence-corrected chi connectivity index (χ4v) is 2.59. The first-order valence-electron chi connectivity index (χ1n) is 6.32. The fraction of sp³-hybridized carbons (Fsp3) is 0.118. The van der Waals surface area contributed by atoms with Gasteiger partial charge in [0.1, 0.15) is 0 Å². The number of fused-ring (bicyclic) bond motifs is 2. The Morgan fingerprint density at radius 3 is 2.00 bits per heavy atom. The Balaban J connectivity index is 2.35. The molecule has 2 nitrogen and oxygen atoms in total. The molecule has 3 rings (SSSR count). The summed E-state index contributed by atoms with van der Waals surface area (Å²) in [6.45, 7) is 0. The van der Waals surface area contributed by atoms with E-state index in [1.165, 1.54) is 10.8 Å². The van der Waals surface area contributed by atoms with E-state index < -0.39 is 6.04 Å². The van der Waals surface area contributed by atoms with Gasteiger partial charge in [-0.05, 0) is 39.6 Å². The molecule has 0 aliphatic heterocycles. The molecule has 0 saturated heterocycles. The van der Waals surface area contributed by atoms with Crippen molar-refractivity contribution in [2.24, 2.45) is 5.73 Å². The van der Waals surface area contributed by atoms with Crippen LogP contribution in [0.5, 0.6) is 0 Å². The van der Waals surface area contributed by atoms with Gasteiger partial charge in [-0.2, -0.15) is 0 Å². The van der Waals surface area contributed by atoms with Crippen LogP contribution in [0.3, 0.4) is 0 Å². The third-order valence-corrected chi connectivity index (χ3v) is 3.46. The zero-order valence-corrected chi connectivity index (χ0v) is 10.5. The number of rotatable bonds is 3. The molecule has 0 aliphatic rings. The maximum absolute atomic E-state index is 10.7. The van der Waals surface area contributed by atoms with E-state index in [0.717, 1.165) is 16.3 Å². The molecule has 2 heteroatoms. The highest BCUT2D eigenvalue weighted by molar-refractivity contribution is 6.02. The monoisotopic (exact) mass is 248 g/mol. The van der Waals surface area contributed by atoms with Gasteiger partial charge in [-0.25, -0.2) is 0 Å². The van der Waals surface area contributed by atoms with Gasteiger partial charge in [-0.1, -0.05) is 48.5 Å². The van der Waals surface area contributed by atoms with Crippen molar-refractivity contribution in [1.29, 1.82) is 0 Å². The Morgan fingerprint density at radius 2 is 1.47 bits per heavy atom. The summed E-state index contributed by atoms with van der Waals surface area (Å²) < 4.78 is 0. The molecule has 0 unspecified atom stereocenters. The van der Waals surface area contributed by atoms with Gasteiger partial charge in [-0.3, -0.25) is 4.79 Å². The zero-order chi connectivity index (χ0) is 13.2. The van der Waals surface area contributed by atoms with Crippen molar-refractivity contribution in [1.82, 2.24) is 0 Å². The van der Waals surface area contributed by atoms with Gasteiger partial charge in [0.2, 0.25) is 6.29 Å². The van der Waals surface area contributed by atoms with E-state index in [1.54, 1.807) is 0 Å². The lowest BCUT2D eigenvalue weighted by Crippen LogP contribution is -2.24. The van der Waals surface area contributed by atoms with Crippen LogP contribution >= 0.6 is 0 Å². The summed E-state index contributed by atoms with van der Waals surface area (Å²) in [5.74, 6) is 0. The summed E-state index contributed by atoms with van der Waals surface area (Å²) in [6, 6.07) is 18.0. The SMILES string of the molecule is N[C@@H]([C]=O)Cc1c2ccccc2cc2ccccc12. The third kappa shape index (κ3) is 2.11. The van der Waals surface area contributed by atoms with Gasteiger partial charge >= 0.3 is 0 Å². The largest absolute Gasteiger partial charge is 0.321 e. The Bertz CT molecular complexity index is 694. The number of hydrogen-bond donors (Lipinski definition) is 1. The van der Waals surface area contributed by atoms with Crippen LogP contribution in [0, 0.1) is 0 Å². The Labute approximate surface area is 111 Å². The molecule has 2 N–H and O–H groups in total. The van der Waals surface area contributed by atoms with Crippen LogP contribution in [0.2, 0.25) is 0 Å². The van der Waals surface area contributed by atoms with Gasteiger partial charge in [0.25, 0.3) is 0 Å². The van der Waals surface area contributed by atoms with E-state index in [9.17, 15) is 4.79 Å². The average molecular weight is 248 g/mol. The van der Waals surface area contributed by atoms with Crippen LogP contribution in [-0.2, 0) is 11.2 Å². The first-order valence-corrected chi connectivity index (χ1v) is 6.32. The standard InChI is InChI=1S/C17H14NO/c18-14(11-19)10-17-15-7-3-1-5-12(15)9-13-6-2-4-8-16(13)17/h1-9,14H,10,18H2/t14-/m1/s1. The molecule has 0 fully saturated rings. The number of benzene rings is 3. The van der Waals surface area contributed by atoms with Crippen LogP contribution in [0.25, 0.3) is 21.5 Å². The molecule has 0 aromatic heterocycles. The Morgan fingerprint density at radius 1 is 0.947 bits per heavy atom. The fourth-order valence-electron chi connectivity index (χ4n) is 2.59. The molecule has 3 aromatic rings. The van der Waals surface area contributed by atoms with Crippen LogP contribution < -0.4 is 5.73 Å². The van der Waals surface area contributed by atoms with Gasteiger partial charge in [0, 0.05) is 0 Å². The van der Waals surface area contributed by atoms with Crippen molar-refractivity contribution >= 4 is 27.8 Å². The summed E-state index contributed by atoms with van der Waals surface area (Å²) in [5, 5.41) is 4.67. The highest BCUT2D eigenvalue weighted by Gasteiger charge is 2.11. The molecular formula is C17H14NO.